The van der Waals surface area contributed by atoms with Crippen molar-refractivity contribution in [3.05, 3.63) is 24.1 Å². The van der Waals surface area contributed by atoms with Crippen LogP contribution in [-0.2, 0) is 14.6 Å². The average Bonchev–Trinajstić information content (AvgIpc) is 3.51. The smallest absolute Gasteiger partial charge is 0.266 e. The molecule has 0 radical (unpaired) electrons. The molecule has 2 aliphatic heterocycles. The topological polar surface area (TPSA) is 124 Å². The number of furan rings is 1. The Labute approximate surface area is 187 Å². The number of rotatable bonds is 7. The zero-order valence-corrected chi connectivity index (χ0v) is 18.9. The monoisotopic (exact) mass is 461 g/mol. The predicted octanol–water partition coefficient (Wildman–Crippen LogP) is 1.35. The van der Waals surface area contributed by atoms with Gasteiger partial charge in [-0.2, -0.15) is 10.2 Å². The minimum Gasteiger partial charge on any atom is -0.459 e. The summed E-state index contributed by atoms with van der Waals surface area (Å²) in [6.45, 7) is 5.22. The lowest BCUT2D eigenvalue weighted by molar-refractivity contribution is -0.134. The van der Waals surface area contributed by atoms with Gasteiger partial charge in [0.1, 0.15) is 6.07 Å². The molecule has 10 nitrogen and oxygen atoms in total. The molecule has 2 aromatic rings. The second kappa shape index (κ2) is 9.34. The van der Waals surface area contributed by atoms with Crippen molar-refractivity contribution < 1.29 is 22.0 Å². The van der Waals surface area contributed by atoms with Crippen molar-refractivity contribution in [2.45, 2.75) is 25.8 Å². The van der Waals surface area contributed by atoms with E-state index in [1.54, 1.807) is 17.0 Å². The molecule has 1 amide bonds. The van der Waals surface area contributed by atoms with Crippen molar-refractivity contribution in [1.82, 2.24) is 14.8 Å². The third kappa shape index (κ3) is 4.81. The highest BCUT2D eigenvalue weighted by molar-refractivity contribution is 7.91. The van der Waals surface area contributed by atoms with Crippen LogP contribution in [0.4, 0.5) is 5.88 Å². The molecule has 32 heavy (non-hydrogen) atoms. The lowest BCUT2D eigenvalue weighted by Gasteiger charge is -2.36. The molecule has 11 heteroatoms. The van der Waals surface area contributed by atoms with E-state index in [4.69, 9.17) is 8.83 Å². The molecule has 0 aliphatic carbocycles. The summed E-state index contributed by atoms with van der Waals surface area (Å²) in [7, 11) is -3.05. The van der Waals surface area contributed by atoms with Crippen LogP contribution in [0.2, 0.25) is 0 Å². The van der Waals surface area contributed by atoms with E-state index in [1.807, 2.05) is 11.8 Å². The molecule has 0 bridgehead atoms. The zero-order chi connectivity index (χ0) is 22.7. The minimum atomic E-state index is -3.05. The Balaban J connectivity index is 1.36. The standard InChI is InChI=1S/C21H27N5O5S/c1-2-6-26(16-5-12-32(28,29)15-16)19(27)14-24-7-9-25(10-8-24)21-17(13-22)23-20(31-21)18-4-3-11-30-18/h3-4,11,16H,2,5-10,12,14-15H2,1H3/t16-/m0/s1. The van der Waals surface area contributed by atoms with Crippen molar-refractivity contribution in [1.29, 1.82) is 5.26 Å². The van der Waals surface area contributed by atoms with E-state index in [2.05, 4.69) is 16.0 Å². The van der Waals surface area contributed by atoms with Gasteiger partial charge in [0.2, 0.25) is 17.5 Å². The van der Waals surface area contributed by atoms with Gasteiger partial charge in [0.25, 0.3) is 5.89 Å². The summed E-state index contributed by atoms with van der Waals surface area (Å²) in [5.74, 6) is 1.33. The Morgan fingerprint density at radius 1 is 1.34 bits per heavy atom. The molecule has 0 saturated carbocycles. The van der Waals surface area contributed by atoms with Gasteiger partial charge < -0.3 is 18.6 Å². The fourth-order valence-electron chi connectivity index (χ4n) is 4.27. The van der Waals surface area contributed by atoms with Crippen LogP contribution in [0, 0.1) is 11.3 Å². The number of aromatic nitrogens is 1. The summed E-state index contributed by atoms with van der Waals surface area (Å²) >= 11 is 0. The summed E-state index contributed by atoms with van der Waals surface area (Å²) in [5.41, 5.74) is 0.206. The number of carbonyl (C=O) groups is 1. The molecule has 4 rings (SSSR count). The number of hydrogen-bond acceptors (Lipinski definition) is 9. The fraction of sp³-hybridized carbons (Fsp3) is 0.571. The Morgan fingerprint density at radius 2 is 2.12 bits per heavy atom. The molecular formula is C21H27N5O5S. The SMILES string of the molecule is CCCN(C(=O)CN1CCN(c2oc(-c3ccco3)nc2C#N)CC1)[C@H]1CCS(=O)(=O)C1. The van der Waals surface area contributed by atoms with Crippen LogP contribution in [0.5, 0.6) is 0 Å². The van der Waals surface area contributed by atoms with Crippen LogP contribution in [0.3, 0.4) is 0 Å². The molecule has 0 N–H and O–H groups in total. The molecule has 2 aromatic heterocycles. The number of amides is 1. The number of nitriles is 1. The van der Waals surface area contributed by atoms with Crippen molar-refractivity contribution in [3.63, 3.8) is 0 Å². The third-order valence-corrected chi connectivity index (χ3v) is 7.65. The van der Waals surface area contributed by atoms with E-state index < -0.39 is 9.84 Å². The Kier molecular flexibility index (Phi) is 6.53. The first-order valence-corrected chi connectivity index (χ1v) is 12.6. The molecule has 0 unspecified atom stereocenters. The van der Waals surface area contributed by atoms with Crippen molar-refractivity contribution in [3.8, 4) is 17.7 Å². The maximum Gasteiger partial charge on any atom is 0.266 e. The van der Waals surface area contributed by atoms with Gasteiger partial charge in [-0.25, -0.2) is 8.42 Å². The molecule has 2 fully saturated rings. The van der Waals surface area contributed by atoms with Crippen LogP contribution < -0.4 is 4.90 Å². The number of hydrogen-bond donors (Lipinski definition) is 0. The average molecular weight is 462 g/mol. The highest BCUT2D eigenvalue weighted by Gasteiger charge is 2.35. The van der Waals surface area contributed by atoms with Gasteiger partial charge in [0.05, 0.1) is 24.3 Å². The van der Waals surface area contributed by atoms with Gasteiger partial charge in [-0.1, -0.05) is 6.92 Å². The Morgan fingerprint density at radius 3 is 2.72 bits per heavy atom. The van der Waals surface area contributed by atoms with Gasteiger partial charge >= 0.3 is 0 Å². The van der Waals surface area contributed by atoms with Crippen molar-refractivity contribution in [2.24, 2.45) is 0 Å². The summed E-state index contributed by atoms with van der Waals surface area (Å²) in [6, 6.07) is 5.30. The maximum atomic E-state index is 13.0. The first-order valence-electron chi connectivity index (χ1n) is 10.8. The lowest BCUT2D eigenvalue weighted by atomic mass is 10.2. The first-order chi connectivity index (χ1) is 15.4. The van der Waals surface area contributed by atoms with Crippen LogP contribution in [0.1, 0.15) is 25.5 Å². The molecule has 0 aromatic carbocycles. The van der Waals surface area contributed by atoms with Crippen LogP contribution in [-0.4, -0.2) is 85.9 Å². The van der Waals surface area contributed by atoms with Crippen LogP contribution in [0.15, 0.2) is 27.2 Å². The molecule has 4 heterocycles. The number of nitrogens with zero attached hydrogens (tertiary/aromatic N) is 5. The van der Waals surface area contributed by atoms with Crippen LogP contribution in [0.25, 0.3) is 11.7 Å². The zero-order valence-electron chi connectivity index (χ0n) is 18.1. The highest BCUT2D eigenvalue weighted by atomic mass is 32.2. The lowest BCUT2D eigenvalue weighted by Crippen LogP contribution is -2.52. The summed E-state index contributed by atoms with van der Waals surface area (Å²) < 4.78 is 34.8. The molecule has 1 atom stereocenters. The number of sulfone groups is 1. The molecule has 2 aliphatic rings. The van der Waals surface area contributed by atoms with E-state index >= 15 is 0 Å². The third-order valence-electron chi connectivity index (χ3n) is 5.90. The van der Waals surface area contributed by atoms with Gasteiger partial charge in [0, 0.05) is 38.8 Å². The van der Waals surface area contributed by atoms with Crippen LogP contribution >= 0.6 is 0 Å². The molecule has 2 saturated heterocycles. The van der Waals surface area contributed by atoms with E-state index in [9.17, 15) is 18.5 Å². The molecule has 172 valence electrons. The summed E-state index contributed by atoms with van der Waals surface area (Å²) in [6.07, 6.45) is 2.82. The van der Waals surface area contributed by atoms with E-state index in [-0.39, 0.29) is 41.6 Å². The normalized spacial score (nSPS) is 20.9. The Bertz CT molecular complexity index is 1080. The summed E-state index contributed by atoms with van der Waals surface area (Å²) in [5, 5.41) is 9.45. The number of carbonyl (C=O) groups excluding carboxylic acids is 1. The Hall–Kier alpha value is -2.84. The van der Waals surface area contributed by atoms with Crippen molar-refractivity contribution >= 4 is 21.6 Å². The van der Waals surface area contributed by atoms with Gasteiger partial charge in [-0.3, -0.25) is 9.69 Å². The van der Waals surface area contributed by atoms with E-state index in [1.165, 1.54) is 6.26 Å². The van der Waals surface area contributed by atoms with E-state index in [0.717, 1.165) is 6.42 Å². The van der Waals surface area contributed by atoms with Gasteiger partial charge in [0.15, 0.2) is 15.6 Å². The second-order valence-electron chi connectivity index (χ2n) is 8.17. The quantitative estimate of drug-likeness (QED) is 0.601. The maximum absolute atomic E-state index is 13.0. The largest absolute Gasteiger partial charge is 0.459 e. The number of piperazine rings is 1. The fourth-order valence-corrected chi connectivity index (χ4v) is 6.00. The van der Waals surface area contributed by atoms with Gasteiger partial charge in [-0.15, -0.1) is 0 Å². The van der Waals surface area contributed by atoms with E-state index in [0.29, 0.717) is 50.8 Å². The number of anilines is 1. The highest BCUT2D eigenvalue weighted by Crippen LogP contribution is 2.29. The minimum absolute atomic E-state index is 0.0279. The second-order valence-corrected chi connectivity index (χ2v) is 10.4. The predicted molar refractivity (Wildman–Crippen MR) is 117 cm³/mol. The van der Waals surface area contributed by atoms with Crippen molar-refractivity contribution in [2.75, 3.05) is 55.7 Å². The molecule has 0 spiro atoms. The number of oxazole rings is 1. The van der Waals surface area contributed by atoms with Gasteiger partial charge in [-0.05, 0) is 25.0 Å². The first kappa shape index (κ1) is 22.4. The molecular weight excluding hydrogens is 434 g/mol. The summed E-state index contributed by atoms with van der Waals surface area (Å²) in [4.78, 5) is 23.0.